The highest BCUT2D eigenvalue weighted by molar-refractivity contribution is 4.68. The smallest absolute Gasteiger partial charge is 0.0470 e. The fourth-order valence-electron chi connectivity index (χ4n) is 0. The first kappa shape index (κ1) is 9.88. The van der Waals surface area contributed by atoms with Crippen molar-refractivity contribution in [3.8, 4) is 0 Å². The standard InChI is InChI=1S/C4H8.C3H8/c1-3-4-2;1-3-2/h3-4H,1-2H3;3H2,1-2H3/b4-3-;. The van der Waals surface area contributed by atoms with Gasteiger partial charge in [0.25, 0.3) is 0 Å². The van der Waals surface area contributed by atoms with Crippen molar-refractivity contribution in [1.82, 2.24) is 0 Å². The molecule has 0 nitrogen and oxygen atoms in total. The molecule has 0 radical (unpaired) electrons. The largest absolute Gasteiger partial charge is 0.0919 e. The Labute approximate surface area is 47.2 Å². The predicted octanol–water partition coefficient (Wildman–Crippen LogP) is 3.00. The van der Waals surface area contributed by atoms with Gasteiger partial charge in [0.15, 0.2) is 0 Å². The quantitative estimate of drug-likeness (QED) is 0.410. The summed E-state index contributed by atoms with van der Waals surface area (Å²) in [6.07, 6.45) is 5.25. The maximum absolute atomic E-state index is 2.12. The molecule has 0 aromatic carbocycles. The number of hydrogen-bond donors (Lipinski definition) is 0. The third-order valence-electron chi connectivity index (χ3n) is 0.333. The fraction of sp³-hybridized carbons (Fsp3) is 0.714. The molecule has 0 saturated carbocycles. The van der Waals surface area contributed by atoms with Crippen LogP contribution in [0.5, 0.6) is 0 Å². The summed E-state index contributed by atoms with van der Waals surface area (Å²) in [6, 6.07) is 0. The summed E-state index contributed by atoms with van der Waals surface area (Å²) >= 11 is 0. The van der Waals surface area contributed by atoms with E-state index in [0.717, 1.165) is 0 Å². The lowest BCUT2D eigenvalue weighted by Crippen LogP contribution is -1.27. The zero-order chi connectivity index (χ0) is 6.12. The summed E-state index contributed by atoms with van der Waals surface area (Å²) in [5.41, 5.74) is 0. The molecule has 0 aliphatic carbocycles. The van der Waals surface area contributed by atoms with Gasteiger partial charge >= 0.3 is 0 Å². The van der Waals surface area contributed by atoms with Crippen molar-refractivity contribution < 1.29 is 0 Å². The lowest BCUT2D eigenvalue weighted by molar-refractivity contribution is 1.09. The number of hydrogen-bond acceptors (Lipinski definition) is 0. The Morgan fingerprint density at radius 3 is 1.14 bits per heavy atom. The van der Waals surface area contributed by atoms with Crippen molar-refractivity contribution >= 4 is 0 Å². The lowest BCUT2D eigenvalue weighted by Gasteiger charge is -1.49. The van der Waals surface area contributed by atoms with Crippen molar-refractivity contribution in [2.24, 2.45) is 0 Å². The Morgan fingerprint density at radius 1 is 1.00 bits per heavy atom. The van der Waals surface area contributed by atoms with Crippen LogP contribution in [0.1, 0.15) is 34.1 Å². The normalized spacial score (nSPS) is 8.00. The molecule has 0 aliphatic rings. The summed E-state index contributed by atoms with van der Waals surface area (Å²) in [5.74, 6) is 0. The molecule has 0 aromatic rings. The summed E-state index contributed by atoms with van der Waals surface area (Å²) in [7, 11) is 0. The molecule has 7 heavy (non-hydrogen) atoms. The van der Waals surface area contributed by atoms with Crippen LogP contribution in [0.4, 0.5) is 0 Å². The zero-order valence-electron chi connectivity index (χ0n) is 5.86. The highest BCUT2D eigenvalue weighted by Gasteiger charge is 1.35. The van der Waals surface area contributed by atoms with Crippen molar-refractivity contribution in [3.05, 3.63) is 12.2 Å². The fourth-order valence-corrected chi connectivity index (χ4v) is 0. The van der Waals surface area contributed by atoms with Gasteiger partial charge in [0, 0.05) is 0 Å². The maximum atomic E-state index is 2.12. The van der Waals surface area contributed by atoms with Gasteiger partial charge in [-0.2, -0.15) is 0 Å². The van der Waals surface area contributed by atoms with Crippen LogP contribution in [-0.4, -0.2) is 0 Å². The average Bonchev–Trinajstić information content (AvgIpc) is 1.69. The summed E-state index contributed by atoms with van der Waals surface area (Å²) in [4.78, 5) is 0. The zero-order valence-corrected chi connectivity index (χ0v) is 5.86. The Morgan fingerprint density at radius 2 is 1.14 bits per heavy atom. The first-order chi connectivity index (χ1) is 3.33. The minimum absolute atomic E-state index is 1.25. The Balaban J connectivity index is 0. The second-order valence-electron chi connectivity index (χ2n) is 1.37. The van der Waals surface area contributed by atoms with E-state index in [1.807, 2.05) is 26.0 Å². The summed E-state index contributed by atoms with van der Waals surface area (Å²) < 4.78 is 0. The van der Waals surface area contributed by atoms with Crippen molar-refractivity contribution in [2.45, 2.75) is 34.1 Å². The molecule has 0 bridgehead atoms. The van der Waals surface area contributed by atoms with Gasteiger partial charge in [-0.15, -0.1) is 0 Å². The van der Waals surface area contributed by atoms with Gasteiger partial charge < -0.3 is 0 Å². The van der Waals surface area contributed by atoms with Crippen LogP contribution < -0.4 is 0 Å². The maximum Gasteiger partial charge on any atom is -0.0470 e. The van der Waals surface area contributed by atoms with Gasteiger partial charge in [-0.05, 0) is 13.8 Å². The van der Waals surface area contributed by atoms with E-state index >= 15 is 0 Å². The van der Waals surface area contributed by atoms with Crippen LogP contribution in [0.2, 0.25) is 0 Å². The van der Waals surface area contributed by atoms with Crippen LogP contribution in [0, 0.1) is 0 Å². The Hall–Kier alpha value is -0.260. The molecule has 0 heterocycles. The molecule has 0 unspecified atom stereocenters. The molecular formula is C7H16. The second kappa shape index (κ2) is 17.2. The molecule has 0 fully saturated rings. The molecule has 0 spiro atoms. The van der Waals surface area contributed by atoms with E-state index in [0.29, 0.717) is 0 Å². The molecule has 0 atom stereocenters. The highest BCUT2D eigenvalue weighted by atomic mass is 13.4. The summed E-state index contributed by atoms with van der Waals surface area (Å²) in [5, 5.41) is 0. The first-order valence-electron chi connectivity index (χ1n) is 2.90. The topological polar surface area (TPSA) is 0 Å². The minimum Gasteiger partial charge on any atom is -0.0919 e. The Bertz CT molecular complexity index is 23.0. The van der Waals surface area contributed by atoms with Crippen molar-refractivity contribution in [1.29, 1.82) is 0 Å². The molecule has 0 aliphatic heterocycles. The van der Waals surface area contributed by atoms with E-state index in [1.54, 1.807) is 0 Å². The van der Waals surface area contributed by atoms with Crippen LogP contribution >= 0.6 is 0 Å². The number of allylic oxidation sites excluding steroid dienone is 2. The van der Waals surface area contributed by atoms with E-state index in [1.165, 1.54) is 6.42 Å². The van der Waals surface area contributed by atoms with Crippen LogP contribution in [-0.2, 0) is 0 Å². The molecule has 0 aromatic heterocycles. The number of rotatable bonds is 0. The van der Waals surface area contributed by atoms with Gasteiger partial charge in [0.05, 0.1) is 0 Å². The Kier molecular flexibility index (Phi) is 24.3. The van der Waals surface area contributed by atoms with Crippen LogP contribution in [0.25, 0.3) is 0 Å². The van der Waals surface area contributed by atoms with Crippen molar-refractivity contribution in [2.75, 3.05) is 0 Å². The SMILES string of the molecule is C/C=C\C.CCC. The molecule has 44 valence electrons. The van der Waals surface area contributed by atoms with Gasteiger partial charge in [0.2, 0.25) is 0 Å². The van der Waals surface area contributed by atoms with E-state index in [2.05, 4.69) is 13.8 Å². The molecule has 0 N–H and O–H groups in total. The monoisotopic (exact) mass is 100 g/mol. The van der Waals surface area contributed by atoms with Gasteiger partial charge in [-0.25, -0.2) is 0 Å². The molecule has 0 rings (SSSR count). The van der Waals surface area contributed by atoms with E-state index < -0.39 is 0 Å². The average molecular weight is 100 g/mol. The van der Waals surface area contributed by atoms with E-state index in [4.69, 9.17) is 0 Å². The van der Waals surface area contributed by atoms with E-state index in [9.17, 15) is 0 Å². The minimum atomic E-state index is 1.25. The van der Waals surface area contributed by atoms with Crippen molar-refractivity contribution in [3.63, 3.8) is 0 Å². The highest BCUT2D eigenvalue weighted by Crippen LogP contribution is 1.57. The van der Waals surface area contributed by atoms with Crippen LogP contribution in [0.15, 0.2) is 12.2 Å². The summed E-state index contributed by atoms with van der Waals surface area (Å²) in [6.45, 7) is 8.25. The molecule has 0 saturated heterocycles. The third kappa shape index (κ3) is 147. The first-order valence-corrected chi connectivity index (χ1v) is 2.90. The van der Waals surface area contributed by atoms with Gasteiger partial charge in [-0.1, -0.05) is 32.4 Å². The molecule has 0 amide bonds. The van der Waals surface area contributed by atoms with Gasteiger partial charge in [-0.3, -0.25) is 0 Å². The lowest BCUT2D eigenvalue weighted by atomic mass is 10.6. The predicted molar refractivity (Wildman–Crippen MR) is 36.5 cm³/mol. The third-order valence-corrected chi connectivity index (χ3v) is 0.333. The molecule has 0 heteroatoms. The molecular weight excluding hydrogens is 84.1 g/mol. The van der Waals surface area contributed by atoms with Gasteiger partial charge in [0.1, 0.15) is 0 Å². The van der Waals surface area contributed by atoms with Crippen LogP contribution in [0.3, 0.4) is 0 Å². The second-order valence-corrected chi connectivity index (χ2v) is 1.37. The van der Waals surface area contributed by atoms with E-state index in [-0.39, 0.29) is 0 Å².